The smallest absolute Gasteiger partial charge is 0.233 e. The number of ether oxygens (including phenoxy) is 1. The zero-order chi connectivity index (χ0) is 14.0. The van der Waals surface area contributed by atoms with E-state index in [9.17, 15) is 0 Å². The van der Waals surface area contributed by atoms with Gasteiger partial charge in [0, 0.05) is 12.6 Å². The standard InChI is InChI=1S/C16H19N3O/c1-2-17-13-15-10-11-16(19-18-15)20-12-6-9-14-7-4-3-5-8-14/h3-11,17H,2,12-13H2,1H3. The van der Waals surface area contributed by atoms with Crippen LogP contribution in [-0.4, -0.2) is 23.3 Å². The third-order valence-corrected chi connectivity index (χ3v) is 2.69. The van der Waals surface area contributed by atoms with Crippen LogP contribution in [0.3, 0.4) is 0 Å². The lowest BCUT2D eigenvalue weighted by Crippen LogP contribution is -2.13. The molecule has 0 radical (unpaired) electrons. The van der Waals surface area contributed by atoms with Crippen LogP contribution in [0.1, 0.15) is 18.2 Å². The highest BCUT2D eigenvalue weighted by molar-refractivity contribution is 5.48. The highest BCUT2D eigenvalue weighted by atomic mass is 16.5. The molecule has 0 amide bonds. The van der Waals surface area contributed by atoms with E-state index in [1.54, 1.807) is 0 Å². The summed E-state index contributed by atoms with van der Waals surface area (Å²) in [5.74, 6) is 0.544. The molecule has 0 bridgehead atoms. The van der Waals surface area contributed by atoms with Crippen LogP contribution in [0.5, 0.6) is 5.88 Å². The van der Waals surface area contributed by atoms with Crippen molar-refractivity contribution in [2.75, 3.05) is 13.2 Å². The lowest BCUT2D eigenvalue weighted by molar-refractivity contribution is 0.343. The van der Waals surface area contributed by atoms with Crippen LogP contribution in [-0.2, 0) is 6.54 Å². The van der Waals surface area contributed by atoms with E-state index in [0.29, 0.717) is 12.5 Å². The number of rotatable bonds is 7. The van der Waals surface area contributed by atoms with E-state index >= 15 is 0 Å². The fraction of sp³-hybridized carbons (Fsp3) is 0.250. The molecule has 0 aliphatic carbocycles. The highest BCUT2D eigenvalue weighted by Gasteiger charge is 1.97. The van der Waals surface area contributed by atoms with Gasteiger partial charge in [-0.15, -0.1) is 5.10 Å². The maximum absolute atomic E-state index is 5.51. The molecule has 0 saturated heterocycles. The van der Waals surface area contributed by atoms with Crippen LogP contribution < -0.4 is 10.1 Å². The predicted molar refractivity (Wildman–Crippen MR) is 80.4 cm³/mol. The largest absolute Gasteiger partial charge is 0.472 e. The zero-order valence-electron chi connectivity index (χ0n) is 11.6. The number of nitrogens with one attached hydrogen (secondary N) is 1. The molecule has 0 spiro atoms. The van der Waals surface area contributed by atoms with Gasteiger partial charge in [0.05, 0.1) is 5.69 Å². The predicted octanol–water partition coefficient (Wildman–Crippen LogP) is 2.68. The Morgan fingerprint density at radius 1 is 1.10 bits per heavy atom. The Labute approximate surface area is 119 Å². The molecule has 4 nitrogen and oxygen atoms in total. The maximum atomic E-state index is 5.51. The fourth-order valence-corrected chi connectivity index (χ4v) is 1.65. The third kappa shape index (κ3) is 4.82. The number of hydrogen-bond acceptors (Lipinski definition) is 4. The van der Waals surface area contributed by atoms with Gasteiger partial charge in [-0.2, -0.15) is 5.10 Å². The van der Waals surface area contributed by atoms with E-state index in [1.807, 2.05) is 54.6 Å². The molecule has 0 aliphatic rings. The van der Waals surface area contributed by atoms with Crippen molar-refractivity contribution in [1.29, 1.82) is 0 Å². The quantitative estimate of drug-likeness (QED) is 0.839. The summed E-state index contributed by atoms with van der Waals surface area (Å²) in [6, 6.07) is 13.9. The van der Waals surface area contributed by atoms with Crippen LogP contribution in [0.4, 0.5) is 0 Å². The minimum absolute atomic E-state index is 0.482. The van der Waals surface area contributed by atoms with Crippen molar-refractivity contribution in [3.05, 3.63) is 59.8 Å². The average Bonchev–Trinajstić information content (AvgIpc) is 2.52. The number of nitrogens with zero attached hydrogens (tertiary/aromatic N) is 2. The summed E-state index contributed by atoms with van der Waals surface area (Å²) < 4.78 is 5.51. The summed E-state index contributed by atoms with van der Waals surface area (Å²) in [5.41, 5.74) is 2.07. The van der Waals surface area contributed by atoms with E-state index < -0.39 is 0 Å². The van der Waals surface area contributed by atoms with Crippen LogP contribution in [0.25, 0.3) is 6.08 Å². The summed E-state index contributed by atoms with van der Waals surface area (Å²) in [7, 11) is 0. The molecule has 4 heteroatoms. The Morgan fingerprint density at radius 2 is 1.95 bits per heavy atom. The summed E-state index contributed by atoms with van der Waals surface area (Å²) in [6.07, 6.45) is 3.98. The monoisotopic (exact) mass is 269 g/mol. The summed E-state index contributed by atoms with van der Waals surface area (Å²) >= 11 is 0. The van der Waals surface area contributed by atoms with Crippen molar-refractivity contribution in [1.82, 2.24) is 15.5 Å². The first-order valence-corrected chi connectivity index (χ1v) is 6.76. The molecular formula is C16H19N3O. The molecule has 1 heterocycles. The summed E-state index contributed by atoms with van der Waals surface area (Å²) in [4.78, 5) is 0. The molecule has 1 N–H and O–H groups in total. The van der Waals surface area contributed by atoms with Gasteiger partial charge in [0.1, 0.15) is 6.61 Å². The normalized spacial score (nSPS) is 10.8. The van der Waals surface area contributed by atoms with Gasteiger partial charge in [-0.1, -0.05) is 43.3 Å². The molecule has 2 rings (SSSR count). The molecular weight excluding hydrogens is 250 g/mol. The molecule has 0 aliphatic heterocycles. The second-order valence-electron chi connectivity index (χ2n) is 4.27. The van der Waals surface area contributed by atoms with Gasteiger partial charge in [-0.25, -0.2) is 0 Å². The summed E-state index contributed by atoms with van der Waals surface area (Å²) in [6.45, 7) is 4.20. The molecule has 1 aromatic heterocycles. The molecule has 0 unspecified atom stereocenters. The van der Waals surface area contributed by atoms with E-state index in [0.717, 1.165) is 24.3 Å². The molecule has 104 valence electrons. The lowest BCUT2D eigenvalue weighted by Gasteiger charge is -2.03. The molecule has 2 aromatic rings. The zero-order valence-corrected chi connectivity index (χ0v) is 11.6. The van der Waals surface area contributed by atoms with Crippen LogP contribution in [0.2, 0.25) is 0 Å². The Balaban J connectivity index is 1.78. The van der Waals surface area contributed by atoms with Gasteiger partial charge in [-0.3, -0.25) is 0 Å². The van der Waals surface area contributed by atoms with E-state index in [1.165, 1.54) is 0 Å². The Kier molecular flexibility index (Phi) is 5.73. The third-order valence-electron chi connectivity index (χ3n) is 2.69. The SMILES string of the molecule is CCNCc1ccc(OCC=Cc2ccccc2)nn1. The second-order valence-corrected chi connectivity index (χ2v) is 4.27. The number of hydrogen-bond donors (Lipinski definition) is 1. The molecule has 20 heavy (non-hydrogen) atoms. The summed E-state index contributed by atoms with van der Waals surface area (Å²) in [5, 5.41) is 11.3. The maximum Gasteiger partial charge on any atom is 0.233 e. The van der Waals surface area contributed by atoms with Crippen molar-refractivity contribution in [2.45, 2.75) is 13.5 Å². The van der Waals surface area contributed by atoms with Gasteiger partial charge in [0.25, 0.3) is 0 Å². The minimum atomic E-state index is 0.482. The Hall–Kier alpha value is -2.20. The van der Waals surface area contributed by atoms with Gasteiger partial charge in [-0.05, 0) is 24.3 Å². The van der Waals surface area contributed by atoms with Gasteiger partial charge >= 0.3 is 0 Å². The Bertz CT molecular complexity index is 523. The minimum Gasteiger partial charge on any atom is -0.472 e. The van der Waals surface area contributed by atoms with Gasteiger partial charge < -0.3 is 10.1 Å². The molecule has 0 saturated carbocycles. The van der Waals surface area contributed by atoms with Crippen molar-refractivity contribution in [3.63, 3.8) is 0 Å². The number of aromatic nitrogens is 2. The van der Waals surface area contributed by atoms with Crippen LogP contribution in [0.15, 0.2) is 48.5 Å². The van der Waals surface area contributed by atoms with Gasteiger partial charge in [0.15, 0.2) is 0 Å². The van der Waals surface area contributed by atoms with E-state index in [4.69, 9.17) is 4.74 Å². The van der Waals surface area contributed by atoms with E-state index in [2.05, 4.69) is 22.4 Å². The molecule has 0 atom stereocenters. The number of benzene rings is 1. The molecule has 1 aromatic carbocycles. The van der Waals surface area contributed by atoms with Gasteiger partial charge in [0.2, 0.25) is 5.88 Å². The second kappa shape index (κ2) is 8.07. The van der Waals surface area contributed by atoms with E-state index in [-0.39, 0.29) is 0 Å². The van der Waals surface area contributed by atoms with Crippen molar-refractivity contribution >= 4 is 6.08 Å². The first-order chi connectivity index (χ1) is 9.88. The van der Waals surface area contributed by atoms with Crippen molar-refractivity contribution in [2.24, 2.45) is 0 Å². The van der Waals surface area contributed by atoms with Crippen LogP contribution in [0, 0.1) is 0 Å². The first kappa shape index (κ1) is 14.2. The van der Waals surface area contributed by atoms with Crippen molar-refractivity contribution in [3.8, 4) is 5.88 Å². The topological polar surface area (TPSA) is 47.0 Å². The highest BCUT2D eigenvalue weighted by Crippen LogP contribution is 2.05. The average molecular weight is 269 g/mol. The van der Waals surface area contributed by atoms with Crippen molar-refractivity contribution < 1.29 is 4.74 Å². The lowest BCUT2D eigenvalue weighted by atomic mass is 10.2. The molecule has 0 fully saturated rings. The fourth-order valence-electron chi connectivity index (χ4n) is 1.65. The Morgan fingerprint density at radius 3 is 2.65 bits per heavy atom. The first-order valence-electron chi connectivity index (χ1n) is 6.76. The van der Waals surface area contributed by atoms with Crippen LogP contribution >= 0.6 is 0 Å².